The highest BCUT2D eigenvalue weighted by molar-refractivity contribution is 5.75. The Morgan fingerprint density at radius 3 is 2.63 bits per heavy atom. The molecule has 0 aliphatic carbocycles. The third kappa shape index (κ3) is 4.54. The van der Waals surface area contributed by atoms with Crippen molar-refractivity contribution in [3.05, 3.63) is 70.0 Å². The monoisotopic (exact) mass is 472 g/mol. The molecule has 3 aliphatic heterocycles. The van der Waals surface area contributed by atoms with Crippen LogP contribution in [-0.2, 0) is 11.2 Å². The maximum atomic E-state index is 12.6. The summed E-state index contributed by atoms with van der Waals surface area (Å²) < 4.78 is 12.0. The molecule has 2 N–H and O–H groups in total. The molecule has 0 radical (unpaired) electrons. The minimum absolute atomic E-state index is 0.109. The minimum atomic E-state index is -0.109. The highest BCUT2D eigenvalue weighted by Crippen LogP contribution is 2.44. The van der Waals surface area contributed by atoms with Crippen LogP contribution in [0.1, 0.15) is 24.0 Å². The van der Waals surface area contributed by atoms with Crippen molar-refractivity contribution in [1.82, 2.24) is 9.88 Å². The number of rotatable bonds is 4. The zero-order chi connectivity index (χ0) is 23.8. The Morgan fingerprint density at radius 2 is 1.80 bits per heavy atom. The van der Waals surface area contributed by atoms with Gasteiger partial charge in [-0.15, -0.1) is 0 Å². The van der Waals surface area contributed by atoms with Crippen molar-refractivity contribution in [2.75, 3.05) is 56.7 Å². The fourth-order valence-electron chi connectivity index (χ4n) is 5.39. The molecule has 182 valence electrons. The molecule has 0 atom stereocenters. The van der Waals surface area contributed by atoms with Gasteiger partial charge in [-0.2, -0.15) is 0 Å². The lowest BCUT2D eigenvalue weighted by molar-refractivity contribution is 0.122. The zero-order valence-electron chi connectivity index (χ0n) is 20.2. The van der Waals surface area contributed by atoms with Gasteiger partial charge >= 0.3 is 0 Å². The standard InChI is InChI=1S/C28H32N4O3/c1-31-10-8-20(9-11-31)29-24-6-3-7-26-23(24)16-19-4-2-5-22(28(19)35-26)25-17-21(18-27(33)30-25)32-12-14-34-15-13-32/h2-7,17-18,20,29H,8-16H2,1H3,(H,30,33). The molecule has 6 rings (SSSR count). The van der Waals surface area contributed by atoms with Gasteiger partial charge in [0.2, 0.25) is 5.56 Å². The summed E-state index contributed by atoms with van der Waals surface area (Å²) in [5.74, 6) is 1.71. The smallest absolute Gasteiger partial charge is 0.250 e. The Hall–Kier alpha value is -3.29. The second-order valence-electron chi connectivity index (χ2n) is 9.79. The van der Waals surface area contributed by atoms with E-state index in [9.17, 15) is 4.79 Å². The molecular weight excluding hydrogens is 440 g/mol. The number of fused-ring (bicyclic) bond motifs is 2. The van der Waals surface area contributed by atoms with Crippen molar-refractivity contribution in [3.8, 4) is 22.8 Å². The van der Waals surface area contributed by atoms with Crippen LogP contribution < -0.4 is 20.5 Å². The molecule has 35 heavy (non-hydrogen) atoms. The van der Waals surface area contributed by atoms with E-state index >= 15 is 0 Å². The number of likely N-dealkylation sites (tertiary alicyclic amines) is 1. The van der Waals surface area contributed by atoms with Crippen LogP contribution in [-0.4, -0.2) is 62.4 Å². The summed E-state index contributed by atoms with van der Waals surface area (Å²) in [7, 11) is 2.19. The Bertz CT molecular complexity index is 1270. The summed E-state index contributed by atoms with van der Waals surface area (Å²) in [5, 5.41) is 3.79. The lowest BCUT2D eigenvalue weighted by Crippen LogP contribution is -2.36. The fourth-order valence-corrected chi connectivity index (χ4v) is 5.39. The van der Waals surface area contributed by atoms with Crippen LogP contribution in [0.2, 0.25) is 0 Å². The van der Waals surface area contributed by atoms with E-state index in [-0.39, 0.29) is 5.56 Å². The number of anilines is 2. The first-order chi connectivity index (χ1) is 17.1. The number of ether oxygens (including phenoxy) is 2. The summed E-state index contributed by atoms with van der Waals surface area (Å²) in [6.45, 7) is 5.17. The first-order valence-electron chi connectivity index (χ1n) is 12.6. The SMILES string of the molecule is CN1CCC(Nc2cccc3c2Cc2cccc(-c4cc(N5CCOCC5)cc(=O)[nH]4)c2O3)CC1. The molecule has 0 saturated carbocycles. The number of aromatic amines is 1. The fraction of sp³-hybridized carbons (Fsp3) is 0.393. The maximum Gasteiger partial charge on any atom is 0.250 e. The van der Waals surface area contributed by atoms with Crippen molar-refractivity contribution in [1.29, 1.82) is 0 Å². The second kappa shape index (κ2) is 9.40. The molecule has 4 heterocycles. The van der Waals surface area contributed by atoms with Crippen LogP contribution >= 0.6 is 0 Å². The number of aromatic nitrogens is 1. The molecule has 2 saturated heterocycles. The van der Waals surface area contributed by atoms with E-state index < -0.39 is 0 Å². The number of nitrogens with zero attached hydrogens (tertiary/aromatic N) is 2. The molecule has 3 aromatic rings. The number of benzene rings is 2. The quantitative estimate of drug-likeness (QED) is 0.467. The van der Waals surface area contributed by atoms with Crippen molar-refractivity contribution < 1.29 is 9.47 Å². The van der Waals surface area contributed by atoms with Crippen molar-refractivity contribution in [2.24, 2.45) is 0 Å². The number of hydrogen-bond acceptors (Lipinski definition) is 6. The van der Waals surface area contributed by atoms with Gasteiger partial charge < -0.3 is 29.6 Å². The Labute approximate surface area is 205 Å². The molecule has 1 aromatic heterocycles. The van der Waals surface area contributed by atoms with Gasteiger partial charge in [-0.05, 0) is 57.2 Å². The van der Waals surface area contributed by atoms with Gasteiger partial charge in [0.1, 0.15) is 11.5 Å². The topological polar surface area (TPSA) is 69.8 Å². The van der Waals surface area contributed by atoms with E-state index in [1.54, 1.807) is 6.07 Å². The number of morpholine rings is 1. The predicted molar refractivity (Wildman–Crippen MR) is 139 cm³/mol. The lowest BCUT2D eigenvalue weighted by Gasteiger charge is -2.32. The van der Waals surface area contributed by atoms with Crippen molar-refractivity contribution in [3.63, 3.8) is 0 Å². The van der Waals surface area contributed by atoms with Gasteiger partial charge in [0, 0.05) is 59.7 Å². The van der Waals surface area contributed by atoms with E-state index in [0.29, 0.717) is 19.3 Å². The number of hydrogen-bond donors (Lipinski definition) is 2. The van der Waals surface area contributed by atoms with Gasteiger partial charge in [0.05, 0.1) is 18.9 Å². The third-order valence-corrected chi connectivity index (χ3v) is 7.38. The average Bonchev–Trinajstić information content (AvgIpc) is 2.89. The van der Waals surface area contributed by atoms with E-state index in [4.69, 9.17) is 9.47 Å². The number of nitrogens with one attached hydrogen (secondary N) is 2. The van der Waals surface area contributed by atoms with E-state index in [2.05, 4.69) is 57.5 Å². The molecule has 2 fully saturated rings. The molecule has 0 spiro atoms. The van der Waals surface area contributed by atoms with E-state index in [0.717, 1.165) is 85.1 Å². The van der Waals surface area contributed by atoms with Crippen LogP contribution in [0.3, 0.4) is 0 Å². The molecular formula is C28H32N4O3. The minimum Gasteiger partial charge on any atom is -0.456 e. The average molecular weight is 473 g/mol. The summed E-state index contributed by atoms with van der Waals surface area (Å²) in [4.78, 5) is 20.2. The lowest BCUT2D eigenvalue weighted by atomic mass is 9.94. The number of pyridine rings is 1. The highest BCUT2D eigenvalue weighted by Gasteiger charge is 2.25. The Kier molecular flexibility index (Phi) is 5.96. The predicted octanol–water partition coefficient (Wildman–Crippen LogP) is 4.08. The summed E-state index contributed by atoms with van der Waals surface area (Å²) in [5.41, 5.74) is 5.99. The molecule has 0 amide bonds. The highest BCUT2D eigenvalue weighted by atomic mass is 16.5. The molecule has 3 aliphatic rings. The zero-order valence-corrected chi connectivity index (χ0v) is 20.2. The molecule has 7 heteroatoms. The van der Waals surface area contributed by atoms with Crippen LogP contribution in [0.15, 0.2) is 53.3 Å². The van der Waals surface area contributed by atoms with Gasteiger partial charge in [-0.3, -0.25) is 4.79 Å². The first-order valence-corrected chi connectivity index (χ1v) is 12.6. The Morgan fingerprint density at radius 1 is 1.00 bits per heavy atom. The largest absolute Gasteiger partial charge is 0.456 e. The number of para-hydroxylation sites is 1. The van der Waals surface area contributed by atoms with Crippen LogP contribution in [0, 0.1) is 0 Å². The Balaban J connectivity index is 1.31. The van der Waals surface area contributed by atoms with Gasteiger partial charge in [0.15, 0.2) is 0 Å². The van der Waals surface area contributed by atoms with Gasteiger partial charge in [0.25, 0.3) is 0 Å². The van der Waals surface area contributed by atoms with Gasteiger partial charge in [-0.1, -0.05) is 18.2 Å². The van der Waals surface area contributed by atoms with E-state index in [1.165, 1.54) is 5.56 Å². The number of piperidine rings is 1. The van der Waals surface area contributed by atoms with Gasteiger partial charge in [-0.25, -0.2) is 0 Å². The van der Waals surface area contributed by atoms with Crippen LogP contribution in [0.4, 0.5) is 11.4 Å². The molecule has 0 unspecified atom stereocenters. The van der Waals surface area contributed by atoms with E-state index in [1.807, 2.05) is 12.1 Å². The van der Waals surface area contributed by atoms with Crippen molar-refractivity contribution in [2.45, 2.75) is 25.3 Å². The molecule has 7 nitrogen and oxygen atoms in total. The normalized spacial score (nSPS) is 18.5. The molecule has 2 aromatic carbocycles. The summed E-state index contributed by atoms with van der Waals surface area (Å²) >= 11 is 0. The maximum absolute atomic E-state index is 12.6. The summed E-state index contributed by atoms with van der Waals surface area (Å²) in [6, 6.07) is 16.7. The van der Waals surface area contributed by atoms with Crippen molar-refractivity contribution >= 4 is 11.4 Å². The summed E-state index contributed by atoms with van der Waals surface area (Å²) in [6.07, 6.45) is 3.09. The molecule has 0 bridgehead atoms. The van der Waals surface area contributed by atoms with Crippen LogP contribution in [0.25, 0.3) is 11.3 Å². The number of H-pyrrole nitrogens is 1. The second-order valence-corrected chi connectivity index (χ2v) is 9.79. The van der Waals surface area contributed by atoms with Crippen LogP contribution in [0.5, 0.6) is 11.5 Å². The first kappa shape index (κ1) is 22.2. The third-order valence-electron chi connectivity index (χ3n) is 7.38.